The van der Waals surface area contributed by atoms with E-state index in [2.05, 4.69) is 0 Å². The van der Waals surface area contributed by atoms with E-state index < -0.39 is 5.82 Å². The Kier molecular flexibility index (Phi) is 3.76. The summed E-state index contributed by atoms with van der Waals surface area (Å²) in [4.78, 5) is 13.6. The molecule has 0 fully saturated rings. The van der Waals surface area contributed by atoms with Gasteiger partial charge in [0.1, 0.15) is 0 Å². The van der Waals surface area contributed by atoms with Gasteiger partial charge in [-0.05, 0) is 32.9 Å². The van der Waals surface area contributed by atoms with Crippen molar-refractivity contribution < 1.29 is 13.9 Å². The first-order valence-corrected chi connectivity index (χ1v) is 5.39. The van der Waals surface area contributed by atoms with Crippen molar-refractivity contribution in [1.29, 1.82) is 0 Å². The molecule has 0 saturated carbocycles. The summed E-state index contributed by atoms with van der Waals surface area (Å²) in [5.41, 5.74) is -0.325. The molecule has 1 aromatic rings. The molecule has 0 heterocycles. The van der Waals surface area contributed by atoms with Gasteiger partial charge in [0.05, 0.1) is 12.7 Å². The average molecular weight is 239 g/mol. The minimum Gasteiger partial charge on any atom is -0.494 e. The second-order valence-electron chi connectivity index (χ2n) is 4.86. The van der Waals surface area contributed by atoms with Crippen LogP contribution in [0.25, 0.3) is 0 Å². The zero-order valence-electron chi connectivity index (χ0n) is 10.9. The van der Waals surface area contributed by atoms with Gasteiger partial charge in [-0.25, -0.2) is 4.39 Å². The maximum Gasteiger partial charge on any atom is 0.257 e. The van der Waals surface area contributed by atoms with Crippen LogP contribution in [0.3, 0.4) is 0 Å². The third-order valence-electron chi connectivity index (χ3n) is 2.72. The number of benzene rings is 1. The van der Waals surface area contributed by atoms with Crippen LogP contribution >= 0.6 is 0 Å². The molecular weight excluding hydrogens is 221 g/mol. The van der Waals surface area contributed by atoms with Crippen molar-refractivity contribution in [3.05, 3.63) is 29.6 Å². The molecule has 0 spiro atoms. The second-order valence-corrected chi connectivity index (χ2v) is 4.86. The molecule has 17 heavy (non-hydrogen) atoms. The van der Waals surface area contributed by atoms with Gasteiger partial charge in [0.25, 0.3) is 5.91 Å². The highest BCUT2D eigenvalue weighted by atomic mass is 19.1. The molecule has 1 rings (SSSR count). The van der Waals surface area contributed by atoms with Crippen molar-refractivity contribution in [2.45, 2.75) is 26.3 Å². The van der Waals surface area contributed by atoms with Crippen molar-refractivity contribution >= 4 is 5.91 Å². The van der Waals surface area contributed by atoms with E-state index >= 15 is 0 Å². The maximum absolute atomic E-state index is 13.9. The summed E-state index contributed by atoms with van der Waals surface area (Å²) in [6.45, 7) is 5.68. The molecule has 3 nitrogen and oxygen atoms in total. The SMILES string of the molecule is COc1cccc(C(=O)N(C)C(C)(C)C)c1F. The lowest BCUT2D eigenvalue weighted by Crippen LogP contribution is -2.42. The summed E-state index contributed by atoms with van der Waals surface area (Å²) in [5, 5.41) is 0. The Morgan fingerprint density at radius 3 is 2.41 bits per heavy atom. The number of rotatable bonds is 2. The minimum absolute atomic E-state index is 0.0294. The zero-order valence-corrected chi connectivity index (χ0v) is 10.9. The molecule has 1 amide bonds. The van der Waals surface area contributed by atoms with Crippen LogP contribution in [0, 0.1) is 5.82 Å². The largest absolute Gasteiger partial charge is 0.494 e. The Bertz CT molecular complexity index is 424. The average Bonchev–Trinajstić information content (AvgIpc) is 2.26. The number of ether oxygens (including phenoxy) is 1. The number of carbonyl (C=O) groups is 1. The van der Waals surface area contributed by atoms with E-state index in [0.717, 1.165) is 0 Å². The van der Waals surface area contributed by atoms with Gasteiger partial charge in [-0.2, -0.15) is 0 Å². The van der Waals surface area contributed by atoms with Gasteiger partial charge >= 0.3 is 0 Å². The molecule has 0 unspecified atom stereocenters. The Balaban J connectivity index is 3.13. The van der Waals surface area contributed by atoms with Gasteiger partial charge in [0, 0.05) is 12.6 Å². The normalized spacial score (nSPS) is 11.2. The predicted molar refractivity (Wildman–Crippen MR) is 64.8 cm³/mol. The summed E-state index contributed by atoms with van der Waals surface area (Å²) < 4.78 is 18.8. The summed E-state index contributed by atoms with van der Waals surface area (Å²) in [7, 11) is 3.03. The highest BCUT2D eigenvalue weighted by molar-refractivity contribution is 5.95. The molecule has 4 heteroatoms. The molecule has 0 atom stereocenters. The Morgan fingerprint density at radius 1 is 1.35 bits per heavy atom. The lowest BCUT2D eigenvalue weighted by atomic mass is 10.0. The highest BCUT2D eigenvalue weighted by Crippen LogP contribution is 2.23. The molecule has 0 aromatic heterocycles. The first-order valence-electron chi connectivity index (χ1n) is 5.39. The summed E-state index contributed by atoms with van der Waals surface area (Å²) in [6.07, 6.45) is 0. The summed E-state index contributed by atoms with van der Waals surface area (Å²) in [6, 6.07) is 4.55. The van der Waals surface area contributed by atoms with Crippen LogP contribution in [0.15, 0.2) is 18.2 Å². The third kappa shape index (κ3) is 2.75. The lowest BCUT2D eigenvalue weighted by molar-refractivity contribution is 0.0650. The van der Waals surface area contributed by atoms with E-state index in [1.165, 1.54) is 24.1 Å². The van der Waals surface area contributed by atoms with Crippen LogP contribution in [0.1, 0.15) is 31.1 Å². The van der Waals surface area contributed by atoms with Crippen LogP contribution in [0.2, 0.25) is 0 Å². The molecule has 0 aliphatic heterocycles. The number of amides is 1. The standard InChI is InChI=1S/C13H18FNO2/c1-13(2,3)15(4)12(16)9-7-6-8-10(17-5)11(9)14/h6-8H,1-5H3. The molecule has 1 aromatic carbocycles. The highest BCUT2D eigenvalue weighted by Gasteiger charge is 2.26. The van der Waals surface area contributed by atoms with Gasteiger partial charge in [-0.3, -0.25) is 4.79 Å². The smallest absolute Gasteiger partial charge is 0.257 e. The van der Waals surface area contributed by atoms with Crippen LogP contribution in [0.5, 0.6) is 5.75 Å². The topological polar surface area (TPSA) is 29.5 Å². The molecule has 0 N–H and O–H groups in total. The molecule has 0 aliphatic carbocycles. The van der Waals surface area contributed by atoms with E-state index in [-0.39, 0.29) is 22.8 Å². The van der Waals surface area contributed by atoms with Crippen LogP contribution in [0.4, 0.5) is 4.39 Å². The maximum atomic E-state index is 13.9. The Hall–Kier alpha value is -1.58. The molecular formula is C13H18FNO2. The van der Waals surface area contributed by atoms with Crippen LogP contribution < -0.4 is 4.74 Å². The van der Waals surface area contributed by atoms with E-state index in [9.17, 15) is 9.18 Å². The minimum atomic E-state index is -0.615. The summed E-state index contributed by atoms with van der Waals surface area (Å²) in [5.74, 6) is -0.886. The summed E-state index contributed by atoms with van der Waals surface area (Å²) >= 11 is 0. The lowest BCUT2D eigenvalue weighted by Gasteiger charge is -2.32. The number of carbonyl (C=O) groups excluding carboxylic acids is 1. The van der Waals surface area contributed by atoms with Crippen molar-refractivity contribution in [2.24, 2.45) is 0 Å². The number of hydrogen-bond acceptors (Lipinski definition) is 2. The zero-order chi connectivity index (χ0) is 13.2. The van der Waals surface area contributed by atoms with Gasteiger partial charge < -0.3 is 9.64 Å². The predicted octanol–water partition coefficient (Wildman–Crippen LogP) is 2.70. The molecule has 0 bridgehead atoms. The second kappa shape index (κ2) is 4.73. The quantitative estimate of drug-likeness (QED) is 0.794. The van der Waals surface area contributed by atoms with Crippen molar-refractivity contribution in [1.82, 2.24) is 4.90 Å². The van der Waals surface area contributed by atoms with Crippen molar-refractivity contribution in [2.75, 3.05) is 14.2 Å². The first kappa shape index (κ1) is 13.5. The molecule has 94 valence electrons. The van der Waals surface area contributed by atoms with Gasteiger partial charge in [-0.1, -0.05) is 6.07 Å². The van der Waals surface area contributed by atoms with E-state index in [1.807, 2.05) is 20.8 Å². The van der Waals surface area contributed by atoms with E-state index in [1.54, 1.807) is 13.1 Å². The van der Waals surface area contributed by atoms with E-state index in [4.69, 9.17) is 4.74 Å². The van der Waals surface area contributed by atoms with E-state index in [0.29, 0.717) is 0 Å². The van der Waals surface area contributed by atoms with Crippen molar-refractivity contribution in [3.63, 3.8) is 0 Å². The van der Waals surface area contributed by atoms with Gasteiger partial charge in [0.15, 0.2) is 11.6 Å². The molecule has 0 radical (unpaired) electrons. The number of methoxy groups -OCH3 is 1. The third-order valence-corrected chi connectivity index (χ3v) is 2.72. The fraction of sp³-hybridized carbons (Fsp3) is 0.462. The van der Waals surface area contributed by atoms with Gasteiger partial charge in [0.2, 0.25) is 0 Å². The number of nitrogens with zero attached hydrogens (tertiary/aromatic N) is 1. The molecule has 0 saturated heterocycles. The van der Waals surface area contributed by atoms with Crippen molar-refractivity contribution in [3.8, 4) is 5.75 Å². The monoisotopic (exact) mass is 239 g/mol. The van der Waals surface area contributed by atoms with Crippen LogP contribution in [-0.4, -0.2) is 30.5 Å². The first-order chi connectivity index (χ1) is 7.79. The Labute approximate surface area is 101 Å². The number of halogens is 1. The number of hydrogen-bond donors (Lipinski definition) is 0. The van der Waals surface area contributed by atoms with Gasteiger partial charge in [-0.15, -0.1) is 0 Å². The fourth-order valence-electron chi connectivity index (χ4n) is 1.32. The molecule has 0 aliphatic rings. The fourth-order valence-corrected chi connectivity index (χ4v) is 1.32. The van der Waals surface area contributed by atoms with Crippen LogP contribution in [-0.2, 0) is 0 Å². The Morgan fingerprint density at radius 2 is 1.94 bits per heavy atom.